The number of esters is 1. The lowest BCUT2D eigenvalue weighted by molar-refractivity contribution is -0.198. The maximum absolute atomic E-state index is 12.5. The third-order valence-electron chi connectivity index (χ3n) is 8.85. The van der Waals surface area contributed by atoms with Crippen molar-refractivity contribution >= 4 is 40.7 Å². The molecule has 7 atom stereocenters. The molecule has 2 aromatic heterocycles. The second-order valence-corrected chi connectivity index (χ2v) is 13.6. The van der Waals surface area contributed by atoms with Crippen LogP contribution in [-0.4, -0.2) is 84.3 Å². The molecule has 14 heteroatoms. The summed E-state index contributed by atoms with van der Waals surface area (Å²) in [5.41, 5.74) is 6.56. The monoisotopic (exact) mass is 589 g/mol. The number of unbranched alkanes of at least 4 members (excludes halogenated alkanes) is 1. The number of hydrogen-bond acceptors (Lipinski definition) is 11. The molecule has 2 aromatic rings. The van der Waals surface area contributed by atoms with E-state index in [0.29, 0.717) is 35.1 Å². The summed E-state index contributed by atoms with van der Waals surface area (Å²) >= 11 is 1.91. The first-order valence-electron chi connectivity index (χ1n) is 14.3. The quantitative estimate of drug-likeness (QED) is 0.291. The number of nitrogens with two attached hydrogens (primary N) is 1. The number of thioether (sulfide) groups is 1. The molecule has 13 nitrogen and oxygen atoms in total. The molecule has 41 heavy (non-hydrogen) atoms. The average molecular weight is 590 g/mol. The number of fused-ring (bicyclic) bond motifs is 3. The number of ether oxygens (including phenoxy) is 4. The number of nitrogen functional groups attached to an aromatic ring is 1. The number of nitrogens with one attached hydrogen (secondary N) is 2. The van der Waals surface area contributed by atoms with Gasteiger partial charge in [-0.15, -0.1) is 0 Å². The molecule has 6 rings (SSSR count). The van der Waals surface area contributed by atoms with Gasteiger partial charge in [-0.05, 0) is 47.0 Å². The summed E-state index contributed by atoms with van der Waals surface area (Å²) < 4.78 is 26.1. The standard InChI is InChI=1S/C27H39N7O6S/c1-25(2)39-19-16(38-23(20(19)40-25)34-14-31-18-21(28)29-13-30-22(18)34)9-10-37-17(35)8-6-5-7-15-11-26(3)27(4,12-41-15)33-24(36)32-26/h13-16,19-20,23H,5-12H2,1-4H3,(H2,28,29,30)(H2,32,33,36). The Labute approximate surface area is 243 Å². The fourth-order valence-corrected chi connectivity index (χ4v) is 8.18. The molecule has 0 spiro atoms. The Morgan fingerprint density at radius 3 is 2.73 bits per heavy atom. The number of anilines is 1. The molecule has 4 aliphatic heterocycles. The van der Waals surface area contributed by atoms with Crippen molar-refractivity contribution in [2.75, 3.05) is 18.1 Å². The van der Waals surface area contributed by atoms with Gasteiger partial charge in [-0.3, -0.25) is 9.36 Å². The number of imidazole rings is 1. The number of amides is 2. The molecule has 2 amide bonds. The van der Waals surface area contributed by atoms with Crippen LogP contribution >= 0.6 is 11.8 Å². The lowest BCUT2D eigenvalue weighted by Crippen LogP contribution is -2.61. The van der Waals surface area contributed by atoms with Gasteiger partial charge in [0.25, 0.3) is 0 Å². The second kappa shape index (κ2) is 10.5. The summed E-state index contributed by atoms with van der Waals surface area (Å²) in [5, 5.41) is 6.65. The van der Waals surface area contributed by atoms with E-state index in [0.717, 1.165) is 31.4 Å². The minimum atomic E-state index is -0.775. The van der Waals surface area contributed by atoms with Crippen molar-refractivity contribution < 1.29 is 28.5 Å². The van der Waals surface area contributed by atoms with Crippen LogP contribution in [0.15, 0.2) is 12.7 Å². The number of carbonyl (C=O) groups excluding carboxylic acids is 2. The molecule has 4 aliphatic rings. The van der Waals surface area contributed by atoms with Crippen LogP contribution < -0.4 is 16.4 Å². The van der Waals surface area contributed by atoms with E-state index in [4.69, 9.17) is 24.7 Å². The fraction of sp³-hybridized carbons (Fsp3) is 0.741. The van der Waals surface area contributed by atoms with E-state index in [1.165, 1.54) is 6.33 Å². The number of hydrogen-bond donors (Lipinski definition) is 3. The second-order valence-electron chi connectivity index (χ2n) is 12.3. The molecule has 0 bridgehead atoms. The Bertz CT molecular complexity index is 1320. The summed E-state index contributed by atoms with van der Waals surface area (Å²) in [7, 11) is 0. The van der Waals surface area contributed by atoms with Gasteiger partial charge >= 0.3 is 12.0 Å². The van der Waals surface area contributed by atoms with E-state index in [-0.39, 0.29) is 48.0 Å². The van der Waals surface area contributed by atoms with Crippen molar-refractivity contribution in [2.45, 2.75) is 113 Å². The van der Waals surface area contributed by atoms with Gasteiger partial charge in [0.1, 0.15) is 24.1 Å². The van der Waals surface area contributed by atoms with E-state index < -0.39 is 12.0 Å². The van der Waals surface area contributed by atoms with Crippen LogP contribution in [0.4, 0.5) is 10.6 Å². The van der Waals surface area contributed by atoms with Gasteiger partial charge in [0.2, 0.25) is 0 Å². The molecule has 0 saturated carbocycles. The van der Waals surface area contributed by atoms with E-state index in [1.54, 1.807) is 10.9 Å². The van der Waals surface area contributed by atoms with E-state index in [9.17, 15) is 9.59 Å². The number of rotatable bonds is 9. The van der Waals surface area contributed by atoms with Crippen molar-refractivity contribution in [2.24, 2.45) is 0 Å². The van der Waals surface area contributed by atoms with Crippen LogP contribution in [0.1, 0.15) is 72.4 Å². The molecule has 7 unspecified atom stereocenters. The lowest BCUT2D eigenvalue weighted by Gasteiger charge is -2.46. The smallest absolute Gasteiger partial charge is 0.315 e. The van der Waals surface area contributed by atoms with Crippen LogP contribution in [0.2, 0.25) is 0 Å². The number of urea groups is 1. The average Bonchev–Trinajstić information content (AvgIpc) is 3.61. The number of carbonyl (C=O) groups is 2. The van der Waals surface area contributed by atoms with Crippen molar-refractivity contribution in [3.63, 3.8) is 0 Å². The Morgan fingerprint density at radius 1 is 1.12 bits per heavy atom. The van der Waals surface area contributed by atoms with Crippen LogP contribution in [0.3, 0.4) is 0 Å². The summed E-state index contributed by atoms with van der Waals surface area (Å²) in [6.07, 6.45) is 5.92. The first-order valence-corrected chi connectivity index (χ1v) is 15.3. The topological polar surface area (TPSA) is 165 Å². The molecule has 0 aliphatic carbocycles. The first kappa shape index (κ1) is 28.4. The third-order valence-corrected chi connectivity index (χ3v) is 10.5. The zero-order valence-electron chi connectivity index (χ0n) is 23.9. The van der Waals surface area contributed by atoms with Crippen LogP contribution in [0.5, 0.6) is 0 Å². The van der Waals surface area contributed by atoms with Gasteiger partial charge < -0.3 is 35.3 Å². The Balaban J connectivity index is 0.965. The summed E-state index contributed by atoms with van der Waals surface area (Å²) in [6.45, 7) is 8.21. The predicted octanol–water partition coefficient (Wildman–Crippen LogP) is 2.66. The molecule has 4 saturated heterocycles. The zero-order valence-corrected chi connectivity index (χ0v) is 24.7. The maximum atomic E-state index is 12.5. The molecular formula is C27H39N7O6S. The zero-order chi connectivity index (χ0) is 29.0. The molecule has 4 N–H and O–H groups in total. The minimum absolute atomic E-state index is 0.0845. The van der Waals surface area contributed by atoms with E-state index in [2.05, 4.69) is 39.4 Å². The summed E-state index contributed by atoms with van der Waals surface area (Å²) in [5.74, 6) is 0.190. The third kappa shape index (κ3) is 5.35. The normalized spacial score (nSPS) is 35.6. The Kier molecular flexibility index (Phi) is 7.32. The minimum Gasteiger partial charge on any atom is -0.466 e. The SMILES string of the molecule is CC1(C)OC2C(CCOC(=O)CCCCC3CC4(C)NC(=O)NC4(C)CS3)OC(n3cnc4c(N)ncnc43)C2O1. The highest BCUT2D eigenvalue weighted by Gasteiger charge is 2.56. The molecule has 6 heterocycles. The first-order chi connectivity index (χ1) is 19.5. The van der Waals surface area contributed by atoms with E-state index >= 15 is 0 Å². The Hall–Kier alpha value is -2.68. The maximum Gasteiger partial charge on any atom is 0.315 e. The Morgan fingerprint density at radius 2 is 1.90 bits per heavy atom. The van der Waals surface area contributed by atoms with Gasteiger partial charge in [-0.25, -0.2) is 19.7 Å². The lowest BCUT2D eigenvalue weighted by atomic mass is 9.78. The van der Waals surface area contributed by atoms with E-state index in [1.807, 2.05) is 25.6 Å². The van der Waals surface area contributed by atoms with Gasteiger partial charge in [-0.2, -0.15) is 11.8 Å². The van der Waals surface area contributed by atoms with Crippen LogP contribution in [-0.2, 0) is 23.7 Å². The molecule has 0 radical (unpaired) electrons. The highest BCUT2D eigenvalue weighted by Crippen LogP contribution is 2.45. The predicted molar refractivity (Wildman–Crippen MR) is 151 cm³/mol. The number of nitrogens with zero attached hydrogens (tertiary/aromatic N) is 4. The van der Waals surface area contributed by atoms with Crippen molar-refractivity contribution in [3.8, 4) is 0 Å². The van der Waals surface area contributed by atoms with Crippen molar-refractivity contribution in [3.05, 3.63) is 12.7 Å². The van der Waals surface area contributed by atoms with Gasteiger partial charge in [0.05, 0.1) is 30.1 Å². The highest BCUT2D eigenvalue weighted by atomic mass is 32.2. The van der Waals surface area contributed by atoms with Gasteiger partial charge in [0.15, 0.2) is 23.5 Å². The largest absolute Gasteiger partial charge is 0.466 e. The van der Waals surface area contributed by atoms with Crippen molar-refractivity contribution in [1.29, 1.82) is 0 Å². The molecule has 0 aromatic carbocycles. The fourth-order valence-electron chi connectivity index (χ4n) is 6.44. The number of aromatic nitrogens is 4. The van der Waals surface area contributed by atoms with Gasteiger partial charge in [-0.1, -0.05) is 6.42 Å². The van der Waals surface area contributed by atoms with Crippen LogP contribution in [0, 0.1) is 0 Å². The summed E-state index contributed by atoms with van der Waals surface area (Å²) in [6, 6.07) is -0.0845. The highest BCUT2D eigenvalue weighted by molar-refractivity contribution is 8.00. The summed E-state index contributed by atoms with van der Waals surface area (Å²) in [4.78, 5) is 37.1. The van der Waals surface area contributed by atoms with Crippen molar-refractivity contribution in [1.82, 2.24) is 30.2 Å². The van der Waals surface area contributed by atoms with Crippen LogP contribution in [0.25, 0.3) is 11.2 Å². The van der Waals surface area contributed by atoms with Gasteiger partial charge in [0, 0.05) is 23.8 Å². The molecular weight excluding hydrogens is 550 g/mol. The molecule has 4 fully saturated rings. The molecule has 224 valence electrons.